The van der Waals surface area contributed by atoms with Gasteiger partial charge in [0.05, 0.1) is 0 Å². The number of hydrogen-bond donors (Lipinski definition) is 0. The number of benzene rings is 3. The summed E-state index contributed by atoms with van der Waals surface area (Å²) in [7, 11) is 0. The van der Waals surface area contributed by atoms with Crippen molar-refractivity contribution in [1.82, 2.24) is 0 Å². The Morgan fingerprint density at radius 1 is 0.667 bits per heavy atom. The van der Waals surface area contributed by atoms with Gasteiger partial charge in [0.2, 0.25) is 0 Å². The van der Waals surface area contributed by atoms with Crippen LogP contribution in [0.15, 0.2) is 84.9 Å². The lowest BCUT2D eigenvalue weighted by Crippen LogP contribution is -2.23. The summed E-state index contributed by atoms with van der Waals surface area (Å²) in [5, 5.41) is 0. The van der Waals surface area contributed by atoms with Gasteiger partial charge in [-0.3, -0.25) is 0 Å². The molecule has 0 atom stereocenters. The smallest absolute Gasteiger partial charge is 0.124 e. The van der Waals surface area contributed by atoms with Crippen LogP contribution in [-0.4, -0.2) is 6.29 Å². The normalized spacial score (nSPS) is 10.3. The van der Waals surface area contributed by atoms with Crippen molar-refractivity contribution in [3.63, 3.8) is 0 Å². The van der Waals surface area contributed by atoms with Gasteiger partial charge in [0, 0.05) is 25.2 Å². The molecule has 0 radical (unpaired) electrons. The highest BCUT2D eigenvalue weighted by molar-refractivity contribution is 5.64. The molecule has 3 aromatic carbocycles. The summed E-state index contributed by atoms with van der Waals surface area (Å²) in [6, 6.07) is 29.0. The molecule has 0 saturated heterocycles. The maximum atomic E-state index is 11.0. The molecule has 0 spiro atoms. The van der Waals surface area contributed by atoms with Gasteiger partial charge >= 0.3 is 0 Å². The Bertz CT molecular complexity index is 727. The first-order valence-corrected chi connectivity index (χ1v) is 8.21. The van der Waals surface area contributed by atoms with Crippen molar-refractivity contribution < 1.29 is 4.79 Å². The average Bonchev–Trinajstić information content (AvgIpc) is 2.64. The molecular weight excluding hydrogens is 294 g/mol. The van der Waals surface area contributed by atoms with Crippen LogP contribution in [0.2, 0.25) is 0 Å². The monoisotopic (exact) mass is 315 g/mol. The van der Waals surface area contributed by atoms with E-state index in [0.29, 0.717) is 6.42 Å². The first-order chi connectivity index (χ1) is 11.9. The first-order valence-electron chi connectivity index (χ1n) is 8.21. The number of hydrogen-bond acceptors (Lipinski definition) is 2. The first kappa shape index (κ1) is 16.0. The molecule has 2 heteroatoms. The van der Waals surface area contributed by atoms with E-state index in [4.69, 9.17) is 0 Å². The number of carbonyl (C=O) groups excluding carboxylic acids is 1. The Balaban J connectivity index is 1.93. The van der Waals surface area contributed by atoms with E-state index in [1.807, 2.05) is 30.3 Å². The van der Waals surface area contributed by atoms with Gasteiger partial charge in [-0.1, -0.05) is 78.9 Å². The Morgan fingerprint density at radius 2 is 1.17 bits per heavy atom. The van der Waals surface area contributed by atoms with Crippen LogP contribution in [0.1, 0.15) is 16.7 Å². The molecule has 0 unspecified atom stereocenters. The van der Waals surface area contributed by atoms with Gasteiger partial charge in [-0.2, -0.15) is 0 Å². The van der Waals surface area contributed by atoms with Crippen LogP contribution in [0.3, 0.4) is 0 Å². The van der Waals surface area contributed by atoms with Crippen LogP contribution in [0.5, 0.6) is 0 Å². The zero-order valence-corrected chi connectivity index (χ0v) is 13.6. The van der Waals surface area contributed by atoms with Gasteiger partial charge in [-0.25, -0.2) is 0 Å². The summed E-state index contributed by atoms with van der Waals surface area (Å²) >= 11 is 0. The van der Waals surface area contributed by atoms with Gasteiger partial charge in [0.25, 0.3) is 0 Å². The van der Waals surface area contributed by atoms with E-state index in [2.05, 4.69) is 59.5 Å². The largest absolute Gasteiger partial charge is 0.363 e. The molecule has 2 nitrogen and oxygen atoms in total. The summed E-state index contributed by atoms with van der Waals surface area (Å²) in [6.45, 7) is 1.62. The zero-order chi connectivity index (χ0) is 16.6. The molecule has 0 N–H and O–H groups in total. The lowest BCUT2D eigenvalue weighted by atomic mass is 10.1. The fourth-order valence-corrected chi connectivity index (χ4v) is 2.92. The SMILES string of the molecule is O=CCc1ccccc1N(Cc1ccccc1)Cc1ccccc1. The van der Waals surface area contributed by atoms with Crippen molar-refractivity contribution in [3.05, 3.63) is 102 Å². The number of nitrogens with zero attached hydrogens (tertiary/aromatic N) is 1. The van der Waals surface area contributed by atoms with Gasteiger partial charge < -0.3 is 9.69 Å². The topological polar surface area (TPSA) is 20.3 Å². The lowest BCUT2D eigenvalue weighted by Gasteiger charge is -2.27. The number of aldehydes is 1. The molecule has 0 bridgehead atoms. The van der Waals surface area contributed by atoms with E-state index >= 15 is 0 Å². The number of carbonyl (C=O) groups is 1. The third kappa shape index (κ3) is 4.11. The third-order valence-electron chi connectivity index (χ3n) is 4.07. The van der Waals surface area contributed by atoms with E-state index in [1.54, 1.807) is 0 Å². The Labute approximate surface area is 143 Å². The minimum Gasteiger partial charge on any atom is -0.363 e. The molecule has 120 valence electrons. The van der Waals surface area contributed by atoms with E-state index in [9.17, 15) is 4.79 Å². The minimum absolute atomic E-state index is 0.441. The summed E-state index contributed by atoms with van der Waals surface area (Å²) in [6.07, 6.45) is 1.41. The van der Waals surface area contributed by atoms with Crippen LogP contribution >= 0.6 is 0 Å². The Hall–Kier alpha value is -2.87. The summed E-state index contributed by atoms with van der Waals surface area (Å²) < 4.78 is 0. The highest BCUT2D eigenvalue weighted by Crippen LogP contribution is 2.24. The molecule has 3 aromatic rings. The van der Waals surface area contributed by atoms with E-state index in [1.165, 1.54) is 11.1 Å². The molecule has 0 amide bonds. The predicted octanol–water partition coefficient (Wildman–Crippen LogP) is 4.63. The van der Waals surface area contributed by atoms with Crippen molar-refractivity contribution in [2.45, 2.75) is 19.5 Å². The van der Waals surface area contributed by atoms with Crippen molar-refractivity contribution >= 4 is 12.0 Å². The fraction of sp³-hybridized carbons (Fsp3) is 0.136. The molecule has 0 aliphatic heterocycles. The minimum atomic E-state index is 0.441. The van der Waals surface area contributed by atoms with Gasteiger partial charge in [0.1, 0.15) is 6.29 Å². The molecule has 0 saturated carbocycles. The molecule has 0 aliphatic rings. The molecule has 3 rings (SSSR count). The second kappa shape index (κ2) is 8.11. The molecule has 0 heterocycles. The highest BCUT2D eigenvalue weighted by Gasteiger charge is 2.12. The van der Waals surface area contributed by atoms with Crippen LogP contribution in [-0.2, 0) is 24.3 Å². The molecular formula is C22H21NO. The quantitative estimate of drug-likeness (QED) is 0.592. The molecule has 0 aliphatic carbocycles. The van der Waals surface area contributed by atoms with Crippen LogP contribution in [0.4, 0.5) is 5.69 Å². The van der Waals surface area contributed by atoms with Crippen molar-refractivity contribution in [1.29, 1.82) is 0 Å². The molecule has 0 aromatic heterocycles. The van der Waals surface area contributed by atoms with Crippen molar-refractivity contribution in [2.24, 2.45) is 0 Å². The maximum absolute atomic E-state index is 11.0. The molecule has 0 fully saturated rings. The van der Waals surface area contributed by atoms with Crippen LogP contribution < -0.4 is 4.90 Å². The van der Waals surface area contributed by atoms with Crippen molar-refractivity contribution in [3.8, 4) is 0 Å². The lowest BCUT2D eigenvalue weighted by molar-refractivity contribution is -0.107. The van der Waals surface area contributed by atoms with E-state index in [-0.39, 0.29) is 0 Å². The van der Waals surface area contributed by atoms with Crippen LogP contribution in [0, 0.1) is 0 Å². The number of anilines is 1. The summed E-state index contributed by atoms with van der Waals surface area (Å²) in [5.41, 5.74) is 4.71. The van der Waals surface area contributed by atoms with Gasteiger partial charge in [-0.15, -0.1) is 0 Å². The number of rotatable bonds is 7. The Morgan fingerprint density at radius 3 is 1.71 bits per heavy atom. The number of para-hydroxylation sites is 1. The van der Waals surface area contributed by atoms with Gasteiger partial charge in [-0.05, 0) is 22.8 Å². The van der Waals surface area contributed by atoms with Crippen molar-refractivity contribution in [2.75, 3.05) is 4.90 Å². The fourth-order valence-electron chi connectivity index (χ4n) is 2.92. The highest BCUT2D eigenvalue weighted by atomic mass is 16.1. The second-order valence-corrected chi connectivity index (χ2v) is 5.83. The van der Waals surface area contributed by atoms with Crippen LogP contribution in [0.25, 0.3) is 0 Å². The third-order valence-corrected chi connectivity index (χ3v) is 4.07. The van der Waals surface area contributed by atoms with E-state index in [0.717, 1.165) is 30.6 Å². The zero-order valence-electron chi connectivity index (χ0n) is 13.6. The molecule has 24 heavy (non-hydrogen) atoms. The second-order valence-electron chi connectivity index (χ2n) is 5.83. The summed E-state index contributed by atoms with van der Waals surface area (Å²) in [5.74, 6) is 0. The standard InChI is InChI=1S/C22H21NO/c24-16-15-21-13-7-8-14-22(21)23(17-19-9-3-1-4-10-19)18-20-11-5-2-6-12-20/h1-14,16H,15,17-18H2. The predicted molar refractivity (Wildman–Crippen MR) is 99.0 cm³/mol. The van der Waals surface area contributed by atoms with Gasteiger partial charge in [0.15, 0.2) is 0 Å². The maximum Gasteiger partial charge on any atom is 0.124 e. The Kier molecular flexibility index (Phi) is 5.41. The average molecular weight is 315 g/mol. The summed E-state index contributed by atoms with van der Waals surface area (Å²) in [4.78, 5) is 13.4. The van der Waals surface area contributed by atoms with E-state index < -0.39 is 0 Å².